The zero-order chi connectivity index (χ0) is 19.1. The summed E-state index contributed by atoms with van der Waals surface area (Å²) in [5.41, 5.74) is 2.18. The molecule has 0 aliphatic heterocycles. The molecule has 0 aliphatic carbocycles. The van der Waals surface area contributed by atoms with Crippen LogP contribution in [0.5, 0.6) is 5.75 Å². The summed E-state index contributed by atoms with van der Waals surface area (Å²) in [7, 11) is 0. The van der Waals surface area contributed by atoms with E-state index in [1.165, 1.54) is 4.80 Å². The number of nitrogens with one attached hydrogen (secondary N) is 1. The zero-order valence-electron chi connectivity index (χ0n) is 15.1. The molecule has 0 spiro atoms. The quantitative estimate of drug-likeness (QED) is 0.637. The lowest BCUT2D eigenvalue weighted by molar-refractivity contribution is 0.0945. The molecule has 0 saturated heterocycles. The third-order valence-electron chi connectivity index (χ3n) is 3.97. The van der Waals surface area contributed by atoms with Gasteiger partial charge in [-0.1, -0.05) is 30.3 Å². The van der Waals surface area contributed by atoms with Gasteiger partial charge in [-0.2, -0.15) is 4.80 Å². The Labute approximate surface area is 157 Å². The SMILES string of the molecule is CCOc1ccc(-n2nc(CO)c(C(=O)NCCc3ccccc3)n2)cc1. The van der Waals surface area contributed by atoms with Gasteiger partial charge in [-0.25, -0.2) is 0 Å². The molecule has 7 heteroatoms. The number of carbonyl (C=O) groups excluding carboxylic acids is 1. The van der Waals surface area contributed by atoms with Gasteiger partial charge in [-0.15, -0.1) is 10.2 Å². The summed E-state index contributed by atoms with van der Waals surface area (Å²) < 4.78 is 5.41. The van der Waals surface area contributed by atoms with Gasteiger partial charge < -0.3 is 15.2 Å². The smallest absolute Gasteiger partial charge is 0.273 e. The van der Waals surface area contributed by atoms with E-state index in [1.54, 1.807) is 24.3 Å². The van der Waals surface area contributed by atoms with Gasteiger partial charge in [0, 0.05) is 6.54 Å². The van der Waals surface area contributed by atoms with Crippen molar-refractivity contribution >= 4 is 5.91 Å². The van der Waals surface area contributed by atoms with Crippen molar-refractivity contribution in [2.45, 2.75) is 20.0 Å². The molecule has 1 amide bonds. The van der Waals surface area contributed by atoms with Crippen LogP contribution in [0.4, 0.5) is 0 Å². The van der Waals surface area contributed by atoms with Crippen molar-refractivity contribution in [3.05, 3.63) is 71.5 Å². The minimum atomic E-state index is -0.363. The van der Waals surface area contributed by atoms with Crippen LogP contribution in [0, 0.1) is 0 Å². The molecule has 0 saturated carbocycles. The van der Waals surface area contributed by atoms with E-state index in [0.717, 1.165) is 11.3 Å². The first-order valence-corrected chi connectivity index (χ1v) is 8.83. The van der Waals surface area contributed by atoms with E-state index < -0.39 is 0 Å². The monoisotopic (exact) mass is 366 g/mol. The summed E-state index contributed by atoms with van der Waals surface area (Å²) in [6.45, 7) is 2.61. The second-order valence-electron chi connectivity index (χ2n) is 5.86. The van der Waals surface area contributed by atoms with Gasteiger partial charge in [0.05, 0.1) is 18.9 Å². The summed E-state index contributed by atoms with van der Waals surface area (Å²) in [6, 6.07) is 17.1. The normalized spacial score (nSPS) is 10.6. The van der Waals surface area contributed by atoms with Gasteiger partial charge in [0.2, 0.25) is 0 Å². The van der Waals surface area contributed by atoms with Crippen LogP contribution in [0.1, 0.15) is 28.7 Å². The summed E-state index contributed by atoms with van der Waals surface area (Å²) in [4.78, 5) is 13.8. The topological polar surface area (TPSA) is 89.3 Å². The fraction of sp³-hybridized carbons (Fsp3) is 0.250. The van der Waals surface area contributed by atoms with Crippen molar-refractivity contribution in [2.75, 3.05) is 13.2 Å². The lowest BCUT2D eigenvalue weighted by Gasteiger charge is -2.04. The molecule has 0 aliphatic rings. The van der Waals surface area contributed by atoms with E-state index in [1.807, 2.05) is 37.3 Å². The molecule has 27 heavy (non-hydrogen) atoms. The van der Waals surface area contributed by atoms with E-state index >= 15 is 0 Å². The van der Waals surface area contributed by atoms with Crippen molar-refractivity contribution in [3.63, 3.8) is 0 Å². The molecule has 2 aromatic carbocycles. The Hall–Kier alpha value is -3.19. The maximum absolute atomic E-state index is 12.4. The maximum atomic E-state index is 12.4. The molecule has 0 fully saturated rings. The van der Waals surface area contributed by atoms with Crippen molar-refractivity contribution in [3.8, 4) is 11.4 Å². The predicted molar refractivity (Wildman–Crippen MR) is 101 cm³/mol. The highest BCUT2D eigenvalue weighted by atomic mass is 16.5. The van der Waals surface area contributed by atoms with Crippen molar-refractivity contribution < 1.29 is 14.6 Å². The highest BCUT2D eigenvalue weighted by Crippen LogP contribution is 2.15. The summed E-state index contributed by atoms with van der Waals surface area (Å²) in [5.74, 6) is 0.391. The largest absolute Gasteiger partial charge is 0.494 e. The van der Waals surface area contributed by atoms with Crippen LogP contribution in [0.2, 0.25) is 0 Å². The first-order chi connectivity index (χ1) is 13.2. The average molecular weight is 366 g/mol. The Balaban J connectivity index is 1.68. The van der Waals surface area contributed by atoms with Crippen LogP contribution >= 0.6 is 0 Å². The first-order valence-electron chi connectivity index (χ1n) is 8.83. The van der Waals surface area contributed by atoms with E-state index in [0.29, 0.717) is 25.3 Å². The Morgan fingerprint density at radius 3 is 2.52 bits per heavy atom. The molecule has 1 aromatic heterocycles. The number of rotatable bonds is 8. The van der Waals surface area contributed by atoms with Gasteiger partial charge in [0.1, 0.15) is 11.4 Å². The molecule has 140 valence electrons. The molecule has 0 radical (unpaired) electrons. The molecule has 0 atom stereocenters. The van der Waals surface area contributed by atoms with Crippen LogP contribution in [0.3, 0.4) is 0 Å². The van der Waals surface area contributed by atoms with Crippen molar-refractivity contribution in [2.24, 2.45) is 0 Å². The number of benzene rings is 2. The third-order valence-corrected chi connectivity index (χ3v) is 3.97. The molecule has 2 N–H and O–H groups in total. The van der Waals surface area contributed by atoms with Crippen LogP contribution in [-0.4, -0.2) is 39.2 Å². The summed E-state index contributed by atoms with van der Waals surface area (Å²) in [5, 5.41) is 20.8. The standard InChI is InChI=1S/C20H22N4O3/c1-2-27-17-10-8-16(9-11-17)24-22-18(14-25)19(23-24)20(26)21-13-12-15-6-4-3-5-7-15/h3-11,25H,2,12-14H2,1H3,(H,21,26). The number of ether oxygens (including phenoxy) is 1. The van der Waals surface area contributed by atoms with E-state index in [2.05, 4.69) is 15.5 Å². The fourth-order valence-corrected chi connectivity index (χ4v) is 2.63. The Morgan fingerprint density at radius 2 is 1.85 bits per heavy atom. The van der Waals surface area contributed by atoms with E-state index in [-0.39, 0.29) is 23.9 Å². The van der Waals surface area contributed by atoms with Crippen molar-refractivity contribution in [1.29, 1.82) is 0 Å². The number of aliphatic hydroxyl groups is 1. The minimum absolute atomic E-state index is 0.124. The van der Waals surface area contributed by atoms with Crippen LogP contribution in [0.25, 0.3) is 5.69 Å². The second-order valence-corrected chi connectivity index (χ2v) is 5.86. The number of nitrogens with zero attached hydrogens (tertiary/aromatic N) is 3. The molecule has 0 bridgehead atoms. The minimum Gasteiger partial charge on any atom is -0.494 e. The fourth-order valence-electron chi connectivity index (χ4n) is 2.63. The number of amides is 1. The number of hydrogen-bond acceptors (Lipinski definition) is 5. The molecular formula is C20H22N4O3. The van der Waals surface area contributed by atoms with Gasteiger partial charge in [0.15, 0.2) is 5.69 Å². The molecular weight excluding hydrogens is 344 g/mol. The Bertz CT molecular complexity index is 876. The lowest BCUT2D eigenvalue weighted by atomic mass is 10.1. The average Bonchev–Trinajstić information content (AvgIpc) is 3.14. The molecule has 7 nitrogen and oxygen atoms in total. The lowest BCUT2D eigenvalue weighted by Crippen LogP contribution is -2.27. The van der Waals surface area contributed by atoms with E-state index in [4.69, 9.17) is 4.74 Å². The Morgan fingerprint density at radius 1 is 1.11 bits per heavy atom. The number of aliphatic hydroxyl groups excluding tert-OH is 1. The van der Waals surface area contributed by atoms with Crippen molar-refractivity contribution in [1.82, 2.24) is 20.3 Å². The van der Waals surface area contributed by atoms with Crippen LogP contribution < -0.4 is 10.1 Å². The van der Waals surface area contributed by atoms with E-state index in [9.17, 15) is 9.90 Å². The van der Waals surface area contributed by atoms with Gasteiger partial charge >= 0.3 is 0 Å². The third kappa shape index (κ3) is 4.71. The van der Waals surface area contributed by atoms with Gasteiger partial charge in [-0.05, 0) is 43.2 Å². The van der Waals surface area contributed by atoms with Gasteiger partial charge in [-0.3, -0.25) is 4.79 Å². The maximum Gasteiger partial charge on any atom is 0.273 e. The number of hydrogen-bond donors (Lipinski definition) is 2. The highest BCUT2D eigenvalue weighted by Gasteiger charge is 2.18. The number of carbonyl (C=O) groups is 1. The molecule has 0 unspecified atom stereocenters. The molecule has 3 rings (SSSR count). The summed E-state index contributed by atoms with van der Waals surface area (Å²) >= 11 is 0. The molecule has 3 aromatic rings. The zero-order valence-corrected chi connectivity index (χ0v) is 15.1. The van der Waals surface area contributed by atoms with Crippen LogP contribution in [-0.2, 0) is 13.0 Å². The molecule has 1 heterocycles. The second kappa shape index (κ2) is 8.95. The predicted octanol–water partition coefficient (Wildman–Crippen LogP) is 2.13. The van der Waals surface area contributed by atoms with Gasteiger partial charge in [0.25, 0.3) is 5.91 Å². The van der Waals surface area contributed by atoms with Crippen LogP contribution in [0.15, 0.2) is 54.6 Å². The number of aromatic nitrogens is 3. The summed E-state index contributed by atoms with van der Waals surface area (Å²) in [6.07, 6.45) is 0.716. The Kier molecular flexibility index (Phi) is 6.17. The first kappa shape index (κ1) is 18.6. The highest BCUT2D eigenvalue weighted by molar-refractivity contribution is 5.93.